The first-order valence-electron chi connectivity index (χ1n) is 8.24. The molecular weight excluding hydrogens is 346 g/mol. The maximum absolute atomic E-state index is 12.5. The van der Waals surface area contributed by atoms with E-state index in [1.54, 1.807) is 18.2 Å². The molecule has 0 radical (unpaired) electrons. The zero-order chi connectivity index (χ0) is 18.8. The van der Waals surface area contributed by atoms with E-state index in [0.29, 0.717) is 16.7 Å². The summed E-state index contributed by atoms with van der Waals surface area (Å²) >= 11 is 0. The second kappa shape index (κ2) is 6.75. The van der Waals surface area contributed by atoms with Gasteiger partial charge in [-0.3, -0.25) is 9.59 Å². The van der Waals surface area contributed by atoms with Gasteiger partial charge in [-0.2, -0.15) is 5.10 Å². The van der Waals surface area contributed by atoms with Crippen LogP contribution in [0.25, 0.3) is 11.0 Å². The molecule has 0 fully saturated rings. The number of rotatable bonds is 4. The molecule has 0 aliphatic rings. The highest BCUT2D eigenvalue weighted by Crippen LogP contribution is 2.15. The molecule has 0 atom stereocenters. The van der Waals surface area contributed by atoms with Crippen molar-refractivity contribution in [3.05, 3.63) is 92.8 Å². The van der Waals surface area contributed by atoms with E-state index in [0.717, 1.165) is 5.56 Å². The minimum absolute atomic E-state index is 0.119. The topological polar surface area (TPSA) is 113 Å². The highest BCUT2D eigenvalue weighted by molar-refractivity contribution is 6.03. The molecule has 0 aliphatic carbocycles. The van der Waals surface area contributed by atoms with E-state index in [9.17, 15) is 14.4 Å². The van der Waals surface area contributed by atoms with Gasteiger partial charge in [-0.25, -0.2) is 9.48 Å². The number of carbonyl (C=O) groups excluding carboxylic acids is 1. The number of H-pyrrole nitrogens is 2. The number of hydrogen-bond acceptors (Lipinski definition) is 4. The molecule has 0 unspecified atom stereocenters. The minimum Gasteiger partial charge on any atom is -0.321 e. The van der Waals surface area contributed by atoms with Gasteiger partial charge in [0.25, 0.3) is 11.5 Å². The van der Waals surface area contributed by atoms with Crippen LogP contribution in [0.3, 0.4) is 0 Å². The van der Waals surface area contributed by atoms with E-state index in [4.69, 9.17) is 0 Å². The van der Waals surface area contributed by atoms with Gasteiger partial charge in [0.05, 0.1) is 17.6 Å². The zero-order valence-electron chi connectivity index (χ0n) is 14.1. The molecule has 27 heavy (non-hydrogen) atoms. The Labute approximate surface area is 152 Å². The van der Waals surface area contributed by atoms with Crippen molar-refractivity contribution >= 4 is 22.6 Å². The molecule has 2 aromatic heterocycles. The number of anilines is 1. The predicted octanol–water partition coefficient (Wildman–Crippen LogP) is 1.71. The van der Waals surface area contributed by atoms with Gasteiger partial charge in [0.15, 0.2) is 0 Å². The largest absolute Gasteiger partial charge is 0.323 e. The van der Waals surface area contributed by atoms with Crippen LogP contribution in [0.15, 0.2) is 70.3 Å². The van der Waals surface area contributed by atoms with Gasteiger partial charge in [0.2, 0.25) is 0 Å². The summed E-state index contributed by atoms with van der Waals surface area (Å²) in [5, 5.41) is 6.88. The molecule has 2 heterocycles. The van der Waals surface area contributed by atoms with E-state index < -0.39 is 5.91 Å². The fraction of sp³-hybridized carbons (Fsp3) is 0.0526. The molecule has 8 nitrogen and oxygen atoms in total. The number of hydrogen-bond donors (Lipinski definition) is 3. The molecule has 4 aromatic rings. The first kappa shape index (κ1) is 16.5. The number of imidazole rings is 1. The highest BCUT2D eigenvalue weighted by Gasteiger charge is 2.11. The van der Waals surface area contributed by atoms with Crippen LogP contribution >= 0.6 is 0 Å². The van der Waals surface area contributed by atoms with E-state index in [1.807, 2.05) is 30.3 Å². The first-order chi connectivity index (χ1) is 13.1. The van der Waals surface area contributed by atoms with Gasteiger partial charge in [-0.05, 0) is 29.8 Å². The van der Waals surface area contributed by atoms with Crippen LogP contribution in [-0.2, 0) is 6.54 Å². The Kier molecular flexibility index (Phi) is 4.13. The Balaban J connectivity index is 1.58. The van der Waals surface area contributed by atoms with Crippen molar-refractivity contribution in [2.24, 2.45) is 0 Å². The first-order valence-corrected chi connectivity index (χ1v) is 8.24. The molecule has 2 aromatic carbocycles. The summed E-state index contributed by atoms with van der Waals surface area (Å²) in [6.07, 6.45) is 0. The Hall–Kier alpha value is -3.94. The van der Waals surface area contributed by atoms with Crippen molar-refractivity contribution in [2.45, 2.75) is 6.54 Å². The minimum atomic E-state index is -0.450. The molecule has 4 rings (SSSR count). The number of carbonyl (C=O) groups is 1. The molecule has 0 bridgehead atoms. The Morgan fingerprint density at radius 2 is 1.74 bits per heavy atom. The third kappa shape index (κ3) is 3.54. The summed E-state index contributed by atoms with van der Waals surface area (Å²) in [4.78, 5) is 41.1. The zero-order valence-corrected chi connectivity index (χ0v) is 14.1. The highest BCUT2D eigenvalue weighted by atomic mass is 16.2. The number of nitrogens with one attached hydrogen (secondary N) is 3. The fourth-order valence-corrected chi connectivity index (χ4v) is 2.75. The van der Waals surface area contributed by atoms with Crippen LogP contribution < -0.4 is 16.6 Å². The Morgan fingerprint density at radius 1 is 0.963 bits per heavy atom. The molecule has 0 saturated heterocycles. The molecule has 134 valence electrons. The van der Waals surface area contributed by atoms with Crippen LogP contribution in [-0.4, -0.2) is 25.7 Å². The molecule has 0 aliphatic heterocycles. The lowest BCUT2D eigenvalue weighted by atomic mass is 10.2. The van der Waals surface area contributed by atoms with Crippen molar-refractivity contribution in [3.8, 4) is 0 Å². The van der Waals surface area contributed by atoms with Crippen molar-refractivity contribution in [2.75, 3.05) is 5.32 Å². The monoisotopic (exact) mass is 361 g/mol. The van der Waals surface area contributed by atoms with E-state index in [2.05, 4.69) is 20.4 Å². The van der Waals surface area contributed by atoms with Gasteiger partial charge >= 0.3 is 5.69 Å². The molecular formula is C19H15N5O3. The Bertz CT molecular complexity index is 1240. The normalized spacial score (nSPS) is 10.8. The summed E-state index contributed by atoms with van der Waals surface area (Å²) in [7, 11) is 0. The number of benzene rings is 2. The third-order valence-corrected chi connectivity index (χ3v) is 4.05. The van der Waals surface area contributed by atoms with Gasteiger partial charge in [0, 0.05) is 11.8 Å². The third-order valence-electron chi connectivity index (χ3n) is 4.05. The Morgan fingerprint density at radius 3 is 2.56 bits per heavy atom. The molecule has 1 amide bonds. The fourth-order valence-electron chi connectivity index (χ4n) is 2.75. The lowest BCUT2D eigenvalue weighted by Crippen LogP contribution is -2.26. The second-order valence-corrected chi connectivity index (χ2v) is 5.99. The molecule has 8 heteroatoms. The van der Waals surface area contributed by atoms with Crippen molar-refractivity contribution in [3.63, 3.8) is 0 Å². The number of aromatic nitrogens is 4. The summed E-state index contributed by atoms with van der Waals surface area (Å²) in [5.74, 6) is -0.450. The van der Waals surface area contributed by atoms with E-state index in [-0.39, 0.29) is 23.5 Å². The summed E-state index contributed by atoms with van der Waals surface area (Å²) in [6.45, 7) is 0.275. The lowest BCUT2D eigenvalue weighted by molar-refractivity contribution is 0.102. The maximum Gasteiger partial charge on any atom is 0.323 e. The quantitative estimate of drug-likeness (QED) is 0.513. The number of nitrogens with zero attached hydrogens (tertiary/aromatic N) is 2. The molecule has 0 spiro atoms. The summed E-state index contributed by atoms with van der Waals surface area (Å²) in [6, 6.07) is 17.1. The number of aromatic amines is 2. The molecule has 3 N–H and O–H groups in total. The maximum atomic E-state index is 12.5. The van der Waals surface area contributed by atoms with Crippen LogP contribution in [0.1, 0.15) is 16.1 Å². The van der Waals surface area contributed by atoms with Crippen LogP contribution in [0.4, 0.5) is 5.69 Å². The van der Waals surface area contributed by atoms with Gasteiger partial charge in [-0.15, -0.1) is 0 Å². The molecule has 0 saturated carbocycles. The van der Waals surface area contributed by atoms with Crippen molar-refractivity contribution in [1.82, 2.24) is 19.7 Å². The predicted molar refractivity (Wildman–Crippen MR) is 101 cm³/mol. The van der Waals surface area contributed by atoms with E-state index >= 15 is 0 Å². The second-order valence-electron chi connectivity index (χ2n) is 5.99. The smallest absolute Gasteiger partial charge is 0.321 e. The van der Waals surface area contributed by atoms with Gasteiger partial charge in [0.1, 0.15) is 5.69 Å². The number of fused-ring (bicyclic) bond motifs is 1. The SMILES string of the molecule is O=C(Nc1ccc2[nH]c(=O)[nH]c2c1)c1ccc(=O)n(Cc2ccccc2)n1. The summed E-state index contributed by atoms with van der Waals surface area (Å²) < 4.78 is 1.25. The average Bonchev–Trinajstić information content (AvgIpc) is 3.03. The summed E-state index contributed by atoms with van der Waals surface area (Å²) in [5.41, 5.74) is 2.15. The lowest BCUT2D eigenvalue weighted by Gasteiger charge is -2.08. The van der Waals surface area contributed by atoms with Crippen molar-refractivity contribution in [1.29, 1.82) is 0 Å². The van der Waals surface area contributed by atoms with E-state index in [1.165, 1.54) is 16.8 Å². The van der Waals surface area contributed by atoms with Crippen molar-refractivity contribution < 1.29 is 4.79 Å². The van der Waals surface area contributed by atoms with Crippen LogP contribution in [0.5, 0.6) is 0 Å². The number of amides is 1. The van der Waals surface area contributed by atoms with Gasteiger partial charge < -0.3 is 15.3 Å². The average molecular weight is 361 g/mol. The van der Waals surface area contributed by atoms with Gasteiger partial charge in [-0.1, -0.05) is 30.3 Å². The van der Waals surface area contributed by atoms with Crippen LogP contribution in [0.2, 0.25) is 0 Å². The standard InChI is InChI=1S/C19H15N5O3/c25-17-9-8-15(23-24(17)11-12-4-2-1-3-5-12)18(26)20-13-6-7-14-16(10-13)22-19(27)21-14/h1-10H,11H2,(H,20,26)(H2,21,22,27). The van der Waals surface area contributed by atoms with Crippen LogP contribution in [0, 0.1) is 0 Å².